The quantitative estimate of drug-likeness (QED) is 0.477. The van der Waals surface area contributed by atoms with Crippen LogP contribution in [0.25, 0.3) is 10.8 Å². The summed E-state index contributed by atoms with van der Waals surface area (Å²) >= 11 is 0. The summed E-state index contributed by atoms with van der Waals surface area (Å²) in [7, 11) is -1.03. The number of ether oxygens (including phenoxy) is 2. The van der Waals surface area contributed by atoms with Crippen molar-refractivity contribution in [2.75, 3.05) is 13.4 Å². The van der Waals surface area contributed by atoms with Gasteiger partial charge in [-0.05, 0) is 40.6 Å². The molecule has 0 aliphatic carbocycles. The van der Waals surface area contributed by atoms with E-state index in [9.17, 15) is 0 Å². The van der Waals surface area contributed by atoms with Crippen LogP contribution in [0.5, 0.6) is 5.75 Å². The zero-order valence-corrected chi connectivity index (χ0v) is 14.1. The first-order valence-corrected chi connectivity index (χ1v) is 11.0. The summed E-state index contributed by atoms with van der Waals surface area (Å²) in [6, 6.07) is 13.0. The summed E-state index contributed by atoms with van der Waals surface area (Å²) < 4.78 is 11.2. The summed E-state index contributed by atoms with van der Waals surface area (Å²) in [4.78, 5) is 0. The molecule has 21 heavy (non-hydrogen) atoms. The summed E-state index contributed by atoms with van der Waals surface area (Å²) in [5, 5.41) is 11.3. The lowest BCUT2D eigenvalue weighted by Gasteiger charge is -2.15. The highest BCUT2D eigenvalue weighted by molar-refractivity contribution is 6.76. The second-order valence-corrected chi connectivity index (χ2v) is 12.1. The zero-order chi connectivity index (χ0) is 15.3. The first kappa shape index (κ1) is 16.0. The molecule has 0 unspecified atom stereocenters. The molecule has 0 saturated heterocycles. The highest BCUT2D eigenvalue weighted by atomic mass is 28.3. The molecule has 0 heterocycles. The van der Waals surface area contributed by atoms with E-state index in [1.807, 2.05) is 36.4 Å². The molecule has 0 aromatic heterocycles. The molecule has 0 saturated carbocycles. The predicted octanol–water partition coefficient (Wildman–Crippen LogP) is 4.02. The molecule has 0 atom stereocenters. The van der Waals surface area contributed by atoms with Gasteiger partial charge in [0.05, 0.1) is 6.61 Å². The number of aliphatic hydroxyl groups excluding tert-OH is 1. The van der Waals surface area contributed by atoms with Gasteiger partial charge in [0.15, 0.2) is 6.79 Å². The third kappa shape index (κ3) is 5.15. The van der Waals surface area contributed by atoms with Gasteiger partial charge in [0.1, 0.15) is 5.75 Å². The smallest absolute Gasteiger partial charge is 0.189 e. The highest BCUT2D eigenvalue weighted by Crippen LogP contribution is 2.22. The lowest BCUT2D eigenvalue weighted by molar-refractivity contribution is 0.0221. The first-order chi connectivity index (χ1) is 9.98. The van der Waals surface area contributed by atoms with Gasteiger partial charge in [-0.25, -0.2) is 0 Å². The van der Waals surface area contributed by atoms with Crippen molar-refractivity contribution in [1.29, 1.82) is 0 Å². The SMILES string of the molecule is C[Si](C)(C)CCOCOc1ccc2cc(CO)ccc2c1. The van der Waals surface area contributed by atoms with Crippen LogP contribution in [0.1, 0.15) is 5.56 Å². The molecule has 0 amide bonds. The maximum absolute atomic E-state index is 9.14. The van der Waals surface area contributed by atoms with Gasteiger partial charge in [-0.1, -0.05) is 37.8 Å². The van der Waals surface area contributed by atoms with Crippen LogP contribution in [0.15, 0.2) is 36.4 Å². The molecule has 0 radical (unpaired) electrons. The van der Waals surface area contributed by atoms with Gasteiger partial charge >= 0.3 is 0 Å². The molecule has 114 valence electrons. The van der Waals surface area contributed by atoms with Gasteiger partial charge in [0, 0.05) is 14.7 Å². The number of aliphatic hydroxyl groups is 1. The zero-order valence-electron chi connectivity index (χ0n) is 13.1. The lowest BCUT2D eigenvalue weighted by Crippen LogP contribution is -2.22. The Kier molecular flexibility index (Phi) is 5.39. The Morgan fingerprint density at radius 1 is 1.00 bits per heavy atom. The molecule has 1 N–H and O–H groups in total. The molecule has 3 nitrogen and oxygen atoms in total. The van der Waals surface area contributed by atoms with E-state index in [0.29, 0.717) is 6.79 Å². The fraction of sp³-hybridized carbons (Fsp3) is 0.412. The van der Waals surface area contributed by atoms with E-state index in [0.717, 1.165) is 34.7 Å². The molecule has 0 aliphatic rings. The monoisotopic (exact) mass is 304 g/mol. The molecule has 2 aromatic carbocycles. The minimum absolute atomic E-state index is 0.0686. The van der Waals surface area contributed by atoms with E-state index < -0.39 is 8.07 Å². The van der Waals surface area contributed by atoms with Crippen LogP contribution in [0.2, 0.25) is 25.7 Å². The summed E-state index contributed by atoms with van der Waals surface area (Å²) in [6.07, 6.45) is 0. The second kappa shape index (κ2) is 7.07. The molecule has 2 aromatic rings. The summed E-state index contributed by atoms with van der Waals surface area (Å²) in [5.74, 6) is 0.812. The average Bonchev–Trinajstić information content (AvgIpc) is 2.45. The van der Waals surface area contributed by atoms with Crippen LogP contribution in [0.4, 0.5) is 0 Å². The third-order valence-electron chi connectivity index (χ3n) is 3.36. The molecule has 0 aliphatic heterocycles. The van der Waals surface area contributed by atoms with Crippen LogP contribution in [-0.2, 0) is 11.3 Å². The van der Waals surface area contributed by atoms with E-state index in [-0.39, 0.29) is 6.61 Å². The van der Waals surface area contributed by atoms with Crippen molar-refractivity contribution in [2.45, 2.75) is 32.3 Å². The van der Waals surface area contributed by atoms with Crippen LogP contribution in [0.3, 0.4) is 0 Å². The van der Waals surface area contributed by atoms with Crippen molar-refractivity contribution in [3.8, 4) is 5.75 Å². The van der Waals surface area contributed by atoms with Crippen molar-refractivity contribution in [3.05, 3.63) is 42.0 Å². The number of hydrogen-bond acceptors (Lipinski definition) is 3. The van der Waals surface area contributed by atoms with Crippen LogP contribution < -0.4 is 4.74 Å². The Balaban J connectivity index is 1.88. The Morgan fingerprint density at radius 3 is 2.43 bits per heavy atom. The van der Waals surface area contributed by atoms with Gasteiger partial charge < -0.3 is 14.6 Å². The molecule has 4 heteroatoms. The molecule has 0 spiro atoms. The van der Waals surface area contributed by atoms with Crippen molar-refractivity contribution in [1.82, 2.24) is 0 Å². The standard InChI is InChI=1S/C17H24O3Si/c1-21(2,3)9-8-19-13-20-17-7-6-15-10-14(12-18)4-5-16(15)11-17/h4-7,10-11,18H,8-9,12-13H2,1-3H3. The first-order valence-electron chi connectivity index (χ1n) is 7.32. The van der Waals surface area contributed by atoms with Gasteiger partial charge in [0.2, 0.25) is 0 Å². The van der Waals surface area contributed by atoms with Crippen LogP contribution in [-0.4, -0.2) is 26.6 Å². The molecule has 0 bridgehead atoms. The van der Waals surface area contributed by atoms with Crippen molar-refractivity contribution in [3.63, 3.8) is 0 Å². The molecular formula is C17H24O3Si. The molecular weight excluding hydrogens is 280 g/mol. The van der Waals surface area contributed by atoms with E-state index >= 15 is 0 Å². The van der Waals surface area contributed by atoms with E-state index in [4.69, 9.17) is 14.6 Å². The number of rotatable bonds is 7. The topological polar surface area (TPSA) is 38.7 Å². The Morgan fingerprint density at radius 2 is 1.71 bits per heavy atom. The van der Waals surface area contributed by atoms with Crippen LogP contribution >= 0.6 is 0 Å². The maximum Gasteiger partial charge on any atom is 0.189 e. The minimum Gasteiger partial charge on any atom is -0.468 e. The van der Waals surface area contributed by atoms with Crippen LogP contribution in [0, 0.1) is 0 Å². The highest BCUT2D eigenvalue weighted by Gasteiger charge is 2.11. The predicted molar refractivity (Wildman–Crippen MR) is 89.5 cm³/mol. The fourth-order valence-electron chi connectivity index (χ4n) is 2.01. The fourth-order valence-corrected chi connectivity index (χ4v) is 2.77. The normalized spacial score (nSPS) is 11.8. The number of benzene rings is 2. The lowest BCUT2D eigenvalue weighted by atomic mass is 10.1. The van der Waals surface area contributed by atoms with Crippen molar-refractivity contribution < 1.29 is 14.6 Å². The van der Waals surface area contributed by atoms with E-state index in [1.165, 1.54) is 0 Å². The molecule has 2 rings (SSSR count). The number of fused-ring (bicyclic) bond motifs is 1. The minimum atomic E-state index is -1.03. The van der Waals surface area contributed by atoms with Gasteiger partial charge in [0.25, 0.3) is 0 Å². The average molecular weight is 304 g/mol. The van der Waals surface area contributed by atoms with Gasteiger partial charge in [-0.15, -0.1) is 0 Å². The maximum atomic E-state index is 9.14. The van der Waals surface area contributed by atoms with Crippen molar-refractivity contribution in [2.24, 2.45) is 0 Å². The van der Waals surface area contributed by atoms with E-state index in [1.54, 1.807) is 0 Å². The molecule has 0 fully saturated rings. The second-order valence-electron chi connectivity index (χ2n) is 6.48. The Labute approximate surface area is 127 Å². The Bertz CT molecular complexity index is 590. The van der Waals surface area contributed by atoms with Gasteiger partial charge in [-0.2, -0.15) is 0 Å². The van der Waals surface area contributed by atoms with E-state index in [2.05, 4.69) is 19.6 Å². The summed E-state index contributed by atoms with van der Waals surface area (Å²) in [6.45, 7) is 8.14. The van der Waals surface area contributed by atoms with Crippen molar-refractivity contribution >= 4 is 18.8 Å². The Hall–Kier alpha value is -1.36. The third-order valence-corrected chi connectivity index (χ3v) is 5.07. The van der Waals surface area contributed by atoms with Gasteiger partial charge in [-0.3, -0.25) is 0 Å². The largest absolute Gasteiger partial charge is 0.468 e. The number of hydrogen-bond donors (Lipinski definition) is 1. The summed E-state index contributed by atoms with van der Waals surface area (Å²) in [5.41, 5.74) is 0.922.